The highest BCUT2D eigenvalue weighted by Crippen LogP contribution is 2.26. The van der Waals surface area contributed by atoms with E-state index in [-0.39, 0.29) is 0 Å². The fourth-order valence-corrected chi connectivity index (χ4v) is 1.40. The van der Waals surface area contributed by atoms with Gasteiger partial charge >= 0.3 is 0 Å². The molecular formula is C9H9BrO. The third kappa shape index (κ3) is 1.63. The van der Waals surface area contributed by atoms with Crippen molar-refractivity contribution in [2.75, 3.05) is 7.11 Å². The first-order valence-corrected chi connectivity index (χ1v) is 4.04. The second-order valence-electron chi connectivity index (χ2n) is 2.06. The molecule has 0 radical (unpaired) electrons. The minimum Gasteiger partial charge on any atom is -0.496 e. The molecule has 0 atom stereocenters. The molecule has 0 aliphatic rings. The maximum atomic E-state index is 5.12. The molecule has 1 rings (SSSR count). The molecule has 0 heterocycles. The van der Waals surface area contributed by atoms with Crippen LogP contribution in [0.4, 0.5) is 0 Å². The summed E-state index contributed by atoms with van der Waals surface area (Å²) in [6.07, 6.45) is 1.77. The molecule has 0 amide bonds. The minimum atomic E-state index is 0.842. The molecule has 0 fully saturated rings. The van der Waals surface area contributed by atoms with Gasteiger partial charge in [-0.3, -0.25) is 0 Å². The molecule has 58 valence electrons. The van der Waals surface area contributed by atoms with E-state index in [1.54, 1.807) is 13.2 Å². The van der Waals surface area contributed by atoms with Gasteiger partial charge in [0, 0.05) is 10.0 Å². The largest absolute Gasteiger partial charge is 0.496 e. The Morgan fingerprint density at radius 3 is 2.73 bits per heavy atom. The van der Waals surface area contributed by atoms with Gasteiger partial charge in [-0.1, -0.05) is 34.7 Å². The first-order valence-electron chi connectivity index (χ1n) is 3.24. The van der Waals surface area contributed by atoms with Gasteiger partial charge in [0.2, 0.25) is 0 Å². The van der Waals surface area contributed by atoms with Crippen LogP contribution in [0, 0.1) is 0 Å². The topological polar surface area (TPSA) is 9.23 Å². The zero-order valence-corrected chi connectivity index (χ0v) is 7.89. The molecule has 0 aromatic heterocycles. The lowest BCUT2D eigenvalue weighted by molar-refractivity contribution is 0.413. The van der Waals surface area contributed by atoms with Crippen LogP contribution >= 0.6 is 15.9 Å². The van der Waals surface area contributed by atoms with Crippen LogP contribution < -0.4 is 4.74 Å². The van der Waals surface area contributed by atoms with Gasteiger partial charge in [-0.15, -0.1) is 0 Å². The van der Waals surface area contributed by atoms with Crippen LogP contribution in [0.25, 0.3) is 6.08 Å². The average Bonchev–Trinajstić information content (AvgIpc) is 2.04. The van der Waals surface area contributed by atoms with Crippen LogP contribution in [-0.2, 0) is 0 Å². The van der Waals surface area contributed by atoms with Gasteiger partial charge in [0.25, 0.3) is 0 Å². The van der Waals surface area contributed by atoms with Crippen LogP contribution in [-0.4, -0.2) is 7.11 Å². The monoisotopic (exact) mass is 212 g/mol. The molecule has 0 bridgehead atoms. The van der Waals surface area contributed by atoms with E-state index in [1.165, 1.54) is 0 Å². The Morgan fingerprint density at radius 2 is 2.27 bits per heavy atom. The highest BCUT2D eigenvalue weighted by molar-refractivity contribution is 9.10. The van der Waals surface area contributed by atoms with Crippen molar-refractivity contribution in [3.05, 3.63) is 34.8 Å². The molecule has 1 aromatic rings. The van der Waals surface area contributed by atoms with E-state index >= 15 is 0 Å². The molecule has 0 aliphatic carbocycles. The van der Waals surface area contributed by atoms with Crippen LogP contribution in [0.1, 0.15) is 5.56 Å². The van der Waals surface area contributed by atoms with Gasteiger partial charge in [-0.05, 0) is 12.1 Å². The summed E-state index contributed by atoms with van der Waals surface area (Å²) >= 11 is 3.40. The maximum absolute atomic E-state index is 5.12. The van der Waals surface area contributed by atoms with Crippen molar-refractivity contribution in [3.63, 3.8) is 0 Å². The summed E-state index contributed by atoms with van der Waals surface area (Å²) in [5.74, 6) is 0.842. The fraction of sp³-hybridized carbons (Fsp3) is 0.111. The van der Waals surface area contributed by atoms with Gasteiger partial charge in [0.15, 0.2) is 0 Å². The second-order valence-corrected chi connectivity index (χ2v) is 2.91. The molecule has 0 saturated carbocycles. The fourth-order valence-electron chi connectivity index (χ4n) is 0.893. The molecule has 2 heteroatoms. The predicted molar refractivity (Wildman–Crippen MR) is 50.8 cm³/mol. The summed E-state index contributed by atoms with van der Waals surface area (Å²) in [6.45, 7) is 3.69. The van der Waals surface area contributed by atoms with Crippen LogP contribution in [0.15, 0.2) is 29.3 Å². The Kier molecular flexibility index (Phi) is 2.71. The standard InChI is InChI=1S/C9H9BrO/c1-3-7-8(10)5-4-6-9(7)11-2/h3-6H,1H2,2H3. The molecule has 11 heavy (non-hydrogen) atoms. The second kappa shape index (κ2) is 3.58. The molecule has 1 nitrogen and oxygen atoms in total. The molecule has 0 aliphatic heterocycles. The quantitative estimate of drug-likeness (QED) is 0.733. The van der Waals surface area contributed by atoms with Crippen molar-refractivity contribution in [2.45, 2.75) is 0 Å². The van der Waals surface area contributed by atoms with Gasteiger partial charge in [-0.2, -0.15) is 0 Å². The first kappa shape index (κ1) is 8.34. The predicted octanol–water partition coefficient (Wildman–Crippen LogP) is 3.10. The van der Waals surface area contributed by atoms with Crippen LogP contribution in [0.5, 0.6) is 5.75 Å². The van der Waals surface area contributed by atoms with Crippen molar-refractivity contribution in [1.82, 2.24) is 0 Å². The third-order valence-corrected chi connectivity index (χ3v) is 2.13. The van der Waals surface area contributed by atoms with Crippen molar-refractivity contribution in [2.24, 2.45) is 0 Å². The number of ether oxygens (including phenoxy) is 1. The lowest BCUT2D eigenvalue weighted by Gasteiger charge is -2.04. The number of benzene rings is 1. The number of methoxy groups -OCH3 is 1. The number of rotatable bonds is 2. The summed E-state index contributed by atoms with van der Waals surface area (Å²) in [4.78, 5) is 0. The van der Waals surface area contributed by atoms with E-state index in [1.807, 2.05) is 18.2 Å². The first-order chi connectivity index (χ1) is 5.29. The Morgan fingerprint density at radius 1 is 1.55 bits per heavy atom. The van der Waals surface area contributed by atoms with Gasteiger partial charge in [0.1, 0.15) is 5.75 Å². The molecular weight excluding hydrogens is 204 g/mol. The zero-order chi connectivity index (χ0) is 8.27. The average molecular weight is 213 g/mol. The smallest absolute Gasteiger partial charge is 0.127 e. The summed E-state index contributed by atoms with van der Waals surface area (Å²) < 4.78 is 6.12. The van der Waals surface area contributed by atoms with E-state index in [4.69, 9.17) is 4.74 Å². The van der Waals surface area contributed by atoms with Gasteiger partial charge in [-0.25, -0.2) is 0 Å². The van der Waals surface area contributed by atoms with Gasteiger partial charge in [0.05, 0.1) is 7.11 Å². The Bertz CT molecular complexity index is 268. The van der Waals surface area contributed by atoms with E-state index in [9.17, 15) is 0 Å². The highest BCUT2D eigenvalue weighted by atomic mass is 79.9. The summed E-state index contributed by atoms with van der Waals surface area (Å²) in [5, 5.41) is 0. The van der Waals surface area contributed by atoms with E-state index < -0.39 is 0 Å². The van der Waals surface area contributed by atoms with Crippen molar-refractivity contribution < 1.29 is 4.74 Å². The van der Waals surface area contributed by atoms with Crippen molar-refractivity contribution in [1.29, 1.82) is 0 Å². The van der Waals surface area contributed by atoms with E-state index in [2.05, 4.69) is 22.5 Å². The highest BCUT2D eigenvalue weighted by Gasteiger charge is 2.01. The van der Waals surface area contributed by atoms with Gasteiger partial charge < -0.3 is 4.74 Å². The Labute approximate surface area is 74.8 Å². The lowest BCUT2D eigenvalue weighted by Crippen LogP contribution is -1.86. The Balaban J connectivity index is 3.24. The lowest BCUT2D eigenvalue weighted by atomic mass is 10.2. The SMILES string of the molecule is C=Cc1c(Br)cccc1OC. The summed E-state index contributed by atoms with van der Waals surface area (Å²) in [6, 6.07) is 5.79. The molecule has 0 N–H and O–H groups in total. The van der Waals surface area contributed by atoms with Crippen LogP contribution in [0.3, 0.4) is 0 Å². The third-order valence-electron chi connectivity index (χ3n) is 1.44. The number of halogens is 1. The minimum absolute atomic E-state index is 0.842. The van der Waals surface area contributed by atoms with Crippen molar-refractivity contribution >= 4 is 22.0 Å². The molecule has 0 saturated heterocycles. The molecule has 0 unspecified atom stereocenters. The Hall–Kier alpha value is -0.760. The molecule has 0 spiro atoms. The summed E-state index contributed by atoms with van der Waals surface area (Å²) in [7, 11) is 1.65. The molecule has 1 aromatic carbocycles. The zero-order valence-electron chi connectivity index (χ0n) is 6.30. The normalized spacial score (nSPS) is 9.27. The van der Waals surface area contributed by atoms with Crippen molar-refractivity contribution in [3.8, 4) is 5.75 Å². The van der Waals surface area contributed by atoms with E-state index in [0.29, 0.717) is 0 Å². The van der Waals surface area contributed by atoms with Crippen LogP contribution in [0.2, 0.25) is 0 Å². The maximum Gasteiger partial charge on any atom is 0.127 e. The number of hydrogen-bond donors (Lipinski definition) is 0. The summed E-state index contributed by atoms with van der Waals surface area (Å²) in [5.41, 5.74) is 0.995. The van der Waals surface area contributed by atoms with E-state index in [0.717, 1.165) is 15.8 Å². The number of hydrogen-bond acceptors (Lipinski definition) is 1.